The van der Waals surface area contributed by atoms with E-state index < -0.39 is 12.0 Å². The first-order chi connectivity index (χ1) is 9.49. The van der Waals surface area contributed by atoms with Crippen LogP contribution in [0.3, 0.4) is 0 Å². The smallest absolute Gasteiger partial charge is 0.326 e. The molecular formula is C14H16ClNO4. The molecule has 6 heteroatoms. The summed E-state index contributed by atoms with van der Waals surface area (Å²) in [7, 11) is 0. The van der Waals surface area contributed by atoms with Gasteiger partial charge in [-0.05, 0) is 43.5 Å². The summed E-state index contributed by atoms with van der Waals surface area (Å²) < 4.78 is 5.45. The third kappa shape index (κ3) is 3.22. The van der Waals surface area contributed by atoms with Crippen LogP contribution < -0.4 is 4.74 Å². The molecule has 0 aromatic heterocycles. The Balaban J connectivity index is 1.96. The maximum atomic E-state index is 12.0. The topological polar surface area (TPSA) is 66.8 Å². The van der Waals surface area contributed by atoms with Crippen LogP contribution in [0, 0.1) is 6.92 Å². The van der Waals surface area contributed by atoms with Gasteiger partial charge in [-0.3, -0.25) is 4.79 Å². The van der Waals surface area contributed by atoms with Gasteiger partial charge in [-0.25, -0.2) is 4.79 Å². The van der Waals surface area contributed by atoms with E-state index in [0.717, 1.165) is 5.56 Å². The minimum atomic E-state index is -0.960. The zero-order valence-corrected chi connectivity index (χ0v) is 11.9. The van der Waals surface area contributed by atoms with Gasteiger partial charge in [-0.1, -0.05) is 11.6 Å². The van der Waals surface area contributed by atoms with Crippen LogP contribution in [0.4, 0.5) is 0 Å². The number of carboxylic acid groups (broad SMARTS) is 1. The average Bonchev–Trinajstić information content (AvgIpc) is 2.86. The van der Waals surface area contributed by atoms with Gasteiger partial charge in [0, 0.05) is 11.6 Å². The summed E-state index contributed by atoms with van der Waals surface area (Å²) >= 11 is 5.84. The van der Waals surface area contributed by atoms with Crippen LogP contribution in [0.25, 0.3) is 0 Å². The van der Waals surface area contributed by atoms with E-state index >= 15 is 0 Å². The number of hydrogen-bond acceptors (Lipinski definition) is 3. The molecule has 0 radical (unpaired) electrons. The van der Waals surface area contributed by atoms with Crippen molar-refractivity contribution in [2.24, 2.45) is 0 Å². The van der Waals surface area contributed by atoms with Crippen LogP contribution in [0.2, 0.25) is 5.02 Å². The second-order valence-corrected chi connectivity index (χ2v) is 5.22. The summed E-state index contributed by atoms with van der Waals surface area (Å²) in [6.45, 7) is 2.15. The number of aliphatic carboxylic acids is 1. The Labute approximate surface area is 122 Å². The zero-order chi connectivity index (χ0) is 14.7. The van der Waals surface area contributed by atoms with Crippen LogP contribution in [0.5, 0.6) is 5.75 Å². The molecule has 0 aliphatic carbocycles. The van der Waals surface area contributed by atoms with E-state index in [-0.39, 0.29) is 12.5 Å². The summed E-state index contributed by atoms with van der Waals surface area (Å²) in [5.41, 5.74) is 0.835. The van der Waals surface area contributed by atoms with E-state index in [4.69, 9.17) is 21.4 Å². The Kier molecular flexibility index (Phi) is 4.49. The second kappa shape index (κ2) is 6.13. The highest BCUT2D eigenvalue weighted by Gasteiger charge is 2.33. The van der Waals surface area contributed by atoms with Crippen LogP contribution in [-0.2, 0) is 9.59 Å². The van der Waals surface area contributed by atoms with Crippen molar-refractivity contribution in [2.75, 3.05) is 13.2 Å². The summed E-state index contributed by atoms with van der Waals surface area (Å²) in [4.78, 5) is 24.4. The molecule has 1 saturated heterocycles. The minimum Gasteiger partial charge on any atom is -0.483 e. The Hall–Kier alpha value is -1.75. The van der Waals surface area contributed by atoms with Crippen molar-refractivity contribution in [3.63, 3.8) is 0 Å². The first-order valence-corrected chi connectivity index (χ1v) is 6.78. The van der Waals surface area contributed by atoms with Gasteiger partial charge in [0.05, 0.1) is 0 Å². The molecular weight excluding hydrogens is 282 g/mol. The normalized spacial score (nSPS) is 18.1. The molecule has 0 bridgehead atoms. The SMILES string of the molecule is Cc1cc(Cl)ccc1OCC(=O)N1CCC[C@@H]1C(=O)O. The highest BCUT2D eigenvalue weighted by molar-refractivity contribution is 6.30. The number of carbonyl (C=O) groups is 2. The quantitative estimate of drug-likeness (QED) is 0.924. The molecule has 20 heavy (non-hydrogen) atoms. The lowest BCUT2D eigenvalue weighted by atomic mass is 10.2. The van der Waals surface area contributed by atoms with Crippen molar-refractivity contribution < 1.29 is 19.4 Å². The summed E-state index contributed by atoms with van der Waals surface area (Å²) in [6, 6.07) is 4.41. The molecule has 1 aromatic carbocycles. The Bertz CT molecular complexity index is 532. The van der Waals surface area contributed by atoms with Crippen LogP contribution in [0.1, 0.15) is 18.4 Å². The van der Waals surface area contributed by atoms with Gasteiger partial charge < -0.3 is 14.7 Å². The molecule has 0 saturated carbocycles. The zero-order valence-electron chi connectivity index (χ0n) is 11.1. The highest BCUT2D eigenvalue weighted by atomic mass is 35.5. The number of benzene rings is 1. The number of ether oxygens (including phenoxy) is 1. The molecule has 1 aliphatic rings. The largest absolute Gasteiger partial charge is 0.483 e. The number of likely N-dealkylation sites (tertiary alicyclic amines) is 1. The number of carbonyl (C=O) groups excluding carboxylic acids is 1. The molecule has 1 amide bonds. The molecule has 0 spiro atoms. The highest BCUT2D eigenvalue weighted by Crippen LogP contribution is 2.22. The summed E-state index contributed by atoms with van der Waals surface area (Å²) in [6.07, 6.45) is 1.21. The van der Waals surface area contributed by atoms with E-state index in [2.05, 4.69) is 0 Å². The lowest BCUT2D eigenvalue weighted by molar-refractivity contribution is -0.148. The maximum Gasteiger partial charge on any atom is 0.326 e. The van der Waals surface area contributed by atoms with E-state index in [9.17, 15) is 9.59 Å². The van der Waals surface area contributed by atoms with Crippen molar-refractivity contribution in [2.45, 2.75) is 25.8 Å². The Morgan fingerprint density at radius 2 is 2.25 bits per heavy atom. The predicted octanol–water partition coefficient (Wildman–Crippen LogP) is 2.10. The number of carboxylic acids is 1. The van der Waals surface area contributed by atoms with E-state index in [1.807, 2.05) is 6.92 Å². The van der Waals surface area contributed by atoms with Crippen LogP contribution in [-0.4, -0.2) is 41.1 Å². The minimum absolute atomic E-state index is 0.160. The average molecular weight is 298 g/mol. The molecule has 1 aromatic rings. The number of nitrogens with zero attached hydrogens (tertiary/aromatic N) is 1. The summed E-state index contributed by atoms with van der Waals surface area (Å²) in [5.74, 6) is -0.684. The summed E-state index contributed by atoms with van der Waals surface area (Å²) in [5, 5.41) is 9.65. The first-order valence-electron chi connectivity index (χ1n) is 6.40. The standard InChI is InChI=1S/C14H16ClNO4/c1-9-7-10(15)4-5-12(9)20-8-13(17)16-6-2-3-11(16)14(18)19/h4-5,7,11H,2-3,6,8H2,1H3,(H,18,19)/t11-/m1/s1. The van der Waals surface area contributed by atoms with Gasteiger partial charge in [0.1, 0.15) is 11.8 Å². The van der Waals surface area contributed by atoms with Gasteiger partial charge in [0.2, 0.25) is 0 Å². The third-order valence-corrected chi connectivity index (χ3v) is 3.58. The number of aryl methyl sites for hydroxylation is 1. The van der Waals surface area contributed by atoms with Crippen molar-refractivity contribution in [1.29, 1.82) is 0 Å². The van der Waals surface area contributed by atoms with Gasteiger partial charge >= 0.3 is 5.97 Å². The van der Waals surface area contributed by atoms with Crippen molar-refractivity contribution in [3.8, 4) is 5.75 Å². The lowest BCUT2D eigenvalue weighted by Gasteiger charge is -2.21. The fourth-order valence-electron chi connectivity index (χ4n) is 2.32. The van der Waals surface area contributed by atoms with Gasteiger partial charge in [0.25, 0.3) is 5.91 Å². The molecule has 2 rings (SSSR count). The predicted molar refractivity (Wildman–Crippen MR) is 74.1 cm³/mol. The molecule has 5 nitrogen and oxygen atoms in total. The molecule has 1 atom stereocenters. The second-order valence-electron chi connectivity index (χ2n) is 4.78. The lowest BCUT2D eigenvalue weighted by Crippen LogP contribution is -2.42. The third-order valence-electron chi connectivity index (χ3n) is 3.35. The molecule has 0 unspecified atom stereocenters. The molecule has 1 N–H and O–H groups in total. The van der Waals surface area contributed by atoms with Gasteiger partial charge in [0.15, 0.2) is 6.61 Å². The number of halogens is 1. The molecule has 1 fully saturated rings. The number of rotatable bonds is 4. The van der Waals surface area contributed by atoms with E-state index in [1.165, 1.54) is 4.90 Å². The molecule has 1 aliphatic heterocycles. The Morgan fingerprint density at radius 3 is 2.90 bits per heavy atom. The maximum absolute atomic E-state index is 12.0. The first kappa shape index (κ1) is 14.7. The fourth-order valence-corrected chi connectivity index (χ4v) is 2.55. The molecule has 108 valence electrons. The van der Waals surface area contributed by atoms with Crippen molar-refractivity contribution >= 4 is 23.5 Å². The van der Waals surface area contributed by atoms with Gasteiger partial charge in [-0.15, -0.1) is 0 Å². The Morgan fingerprint density at radius 1 is 1.50 bits per heavy atom. The monoisotopic (exact) mass is 297 g/mol. The van der Waals surface area contributed by atoms with Crippen molar-refractivity contribution in [1.82, 2.24) is 4.90 Å². The van der Waals surface area contributed by atoms with Gasteiger partial charge in [-0.2, -0.15) is 0 Å². The van der Waals surface area contributed by atoms with Crippen molar-refractivity contribution in [3.05, 3.63) is 28.8 Å². The number of amides is 1. The number of hydrogen-bond donors (Lipinski definition) is 1. The van der Waals surface area contributed by atoms with E-state index in [0.29, 0.717) is 30.2 Å². The van der Waals surface area contributed by atoms with Crippen LogP contribution in [0.15, 0.2) is 18.2 Å². The fraction of sp³-hybridized carbons (Fsp3) is 0.429. The molecule has 1 heterocycles. The van der Waals surface area contributed by atoms with Crippen LogP contribution >= 0.6 is 11.6 Å². The van der Waals surface area contributed by atoms with E-state index in [1.54, 1.807) is 18.2 Å².